The third-order valence-corrected chi connectivity index (χ3v) is 3.29. The number of hydrogen-bond acceptors (Lipinski definition) is 7. The lowest BCUT2D eigenvalue weighted by atomic mass is 10.1. The molecule has 0 aliphatic heterocycles. The zero-order chi connectivity index (χ0) is 16.2. The molecule has 22 heavy (non-hydrogen) atoms. The first-order valence-electron chi connectivity index (χ1n) is 5.99. The van der Waals surface area contributed by atoms with Gasteiger partial charge in [-0.05, 0) is 17.7 Å². The molecule has 0 fully saturated rings. The maximum atomic E-state index is 11.6. The van der Waals surface area contributed by atoms with Crippen molar-refractivity contribution >= 4 is 22.2 Å². The van der Waals surface area contributed by atoms with E-state index in [4.69, 9.17) is 4.42 Å². The summed E-state index contributed by atoms with van der Waals surface area (Å²) in [6.45, 7) is 0. The Kier molecular flexibility index (Phi) is 4.71. The van der Waals surface area contributed by atoms with Gasteiger partial charge in [0.2, 0.25) is 5.09 Å². The summed E-state index contributed by atoms with van der Waals surface area (Å²) in [6, 6.07) is 10.4. The van der Waals surface area contributed by atoms with Gasteiger partial charge in [-0.3, -0.25) is 4.79 Å². The number of carbonyl (C=O) groups excluding carboxylic acids is 1. The molecule has 2 rings (SSSR count). The van der Waals surface area contributed by atoms with Gasteiger partial charge >= 0.3 is 0 Å². The zero-order valence-electron chi connectivity index (χ0n) is 11.0. The molecule has 1 heterocycles. The van der Waals surface area contributed by atoms with Gasteiger partial charge in [-0.2, -0.15) is 5.10 Å². The van der Waals surface area contributed by atoms with Gasteiger partial charge in [-0.25, -0.2) is 13.8 Å². The highest BCUT2D eigenvalue weighted by Crippen LogP contribution is 2.13. The second-order valence-corrected chi connectivity index (χ2v) is 5.47. The monoisotopic (exact) mass is 323 g/mol. The second-order valence-electron chi connectivity index (χ2n) is 4.16. The number of rotatable bonds is 5. The van der Waals surface area contributed by atoms with Crippen LogP contribution in [0.2, 0.25) is 0 Å². The van der Waals surface area contributed by atoms with Crippen LogP contribution in [0.15, 0.2) is 57.1 Å². The van der Waals surface area contributed by atoms with Gasteiger partial charge in [-0.1, -0.05) is 30.3 Å². The summed E-state index contributed by atoms with van der Waals surface area (Å²) in [6.07, 6.45) is -0.392. The lowest BCUT2D eigenvalue weighted by Gasteiger charge is -2.08. The molecular formula is C13H11N2O6S-. The normalized spacial score (nSPS) is 13.2. The quantitative estimate of drug-likeness (QED) is 0.464. The molecule has 1 aromatic carbocycles. The van der Waals surface area contributed by atoms with Crippen molar-refractivity contribution in [2.75, 3.05) is 0 Å². The van der Waals surface area contributed by atoms with Crippen molar-refractivity contribution in [2.45, 2.75) is 11.2 Å². The summed E-state index contributed by atoms with van der Waals surface area (Å²) in [4.78, 5) is 11.6. The van der Waals surface area contributed by atoms with Crippen LogP contribution in [0.4, 0.5) is 0 Å². The molecule has 0 aliphatic carbocycles. The predicted octanol–water partition coefficient (Wildman–Crippen LogP) is 0.367. The van der Waals surface area contributed by atoms with Gasteiger partial charge in [0, 0.05) is 0 Å². The van der Waals surface area contributed by atoms with Crippen molar-refractivity contribution < 1.29 is 27.3 Å². The van der Waals surface area contributed by atoms with Gasteiger partial charge in [0.05, 0.1) is 6.21 Å². The Morgan fingerprint density at radius 1 is 1.27 bits per heavy atom. The van der Waals surface area contributed by atoms with Gasteiger partial charge in [0.25, 0.3) is 5.91 Å². The Bertz CT molecular complexity index is 782. The van der Waals surface area contributed by atoms with Crippen molar-refractivity contribution in [1.29, 1.82) is 0 Å². The highest BCUT2D eigenvalue weighted by atomic mass is 32.2. The van der Waals surface area contributed by atoms with Crippen LogP contribution in [0.5, 0.6) is 0 Å². The summed E-state index contributed by atoms with van der Waals surface area (Å²) in [5, 5.41) is 12.5. The molecule has 2 aromatic rings. The molecule has 0 aliphatic rings. The molecule has 1 atom stereocenters. The molecule has 1 aromatic heterocycles. The molecular weight excluding hydrogens is 312 g/mol. The Hall–Kier alpha value is -2.49. The molecule has 0 saturated heterocycles. The number of nitrogens with one attached hydrogen (secondary N) is 1. The zero-order valence-corrected chi connectivity index (χ0v) is 11.9. The lowest BCUT2D eigenvalue weighted by Crippen LogP contribution is -2.25. The Morgan fingerprint density at radius 2 is 1.95 bits per heavy atom. The number of aliphatic hydroxyl groups excluding tert-OH is 1. The first-order valence-corrected chi connectivity index (χ1v) is 7.40. The van der Waals surface area contributed by atoms with Gasteiger partial charge in [-0.15, -0.1) is 0 Å². The predicted molar refractivity (Wildman–Crippen MR) is 73.8 cm³/mol. The molecule has 0 bridgehead atoms. The highest BCUT2D eigenvalue weighted by Gasteiger charge is 2.16. The van der Waals surface area contributed by atoms with Gasteiger partial charge < -0.3 is 14.1 Å². The highest BCUT2D eigenvalue weighted by molar-refractivity contribution is 7.85. The molecule has 116 valence electrons. The summed E-state index contributed by atoms with van der Waals surface area (Å²) in [5.41, 5.74) is 2.47. The van der Waals surface area contributed by atoms with E-state index in [1.165, 1.54) is 6.07 Å². The van der Waals surface area contributed by atoms with E-state index in [1.807, 2.05) is 0 Å². The standard InChI is InChI=1S/C13H12N2O6S/c16-12(9-4-2-1-3-5-9)13(17)15-14-8-10-6-7-11(21-10)22(18,19)20/h1-8,12,16H,(H,15,17)(H,18,19,20)/p-1/b14-8-/t12-/m0/s1. The fourth-order valence-corrected chi connectivity index (χ4v) is 1.98. The van der Waals surface area contributed by atoms with Crippen LogP contribution in [0.3, 0.4) is 0 Å². The Balaban J connectivity index is 1.97. The van der Waals surface area contributed by atoms with Gasteiger partial charge in [0.15, 0.2) is 16.2 Å². The number of hydrazone groups is 1. The molecule has 0 unspecified atom stereocenters. The summed E-state index contributed by atoms with van der Waals surface area (Å²) in [5.74, 6) is -0.811. The summed E-state index contributed by atoms with van der Waals surface area (Å²) < 4.78 is 36.7. The van der Waals surface area contributed by atoms with Crippen LogP contribution in [0, 0.1) is 0 Å². The van der Waals surface area contributed by atoms with Crippen molar-refractivity contribution in [3.8, 4) is 0 Å². The van der Waals surface area contributed by atoms with Crippen LogP contribution >= 0.6 is 0 Å². The van der Waals surface area contributed by atoms with Crippen LogP contribution in [-0.2, 0) is 14.9 Å². The smallest absolute Gasteiger partial charge is 0.273 e. The van der Waals surface area contributed by atoms with E-state index in [0.717, 1.165) is 12.3 Å². The average molecular weight is 323 g/mol. The number of aliphatic hydroxyl groups is 1. The number of carbonyl (C=O) groups is 1. The van der Waals surface area contributed by atoms with Crippen molar-refractivity contribution in [1.82, 2.24) is 5.43 Å². The van der Waals surface area contributed by atoms with Crippen LogP contribution in [-0.4, -0.2) is 30.2 Å². The SMILES string of the molecule is O=C(N/N=C\c1ccc(S(=O)(=O)[O-])o1)[C@@H](O)c1ccccc1. The van der Waals surface area contributed by atoms with Crippen molar-refractivity contribution in [3.05, 3.63) is 53.8 Å². The number of amides is 1. The first-order chi connectivity index (χ1) is 10.4. The second kappa shape index (κ2) is 6.52. The summed E-state index contributed by atoms with van der Waals surface area (Å²) >= 11 is 0. The number of benzene rings is 1. The molecule has 0 spiro atoms. The van der Waals surface area contributed by atoms with E-state index in [2.05, 4.69) is 10.5 Å². The third kappa shape index (κ3) is 4.01. The maximum Gasteiger partial charge on any atom is 0.273 e. The van der Waals surface area contributed by atoms with Crippen LogP contribution < -0.4 is 5.43 Å². The molecule has 0 saturated carbocycles. The van der Waals surface area contributed by atoms with E-state index in [1.54, 1.807) is 30.3 Å². The van der Waals surface area contributed by atoms with E-state index in [9.17, 15) is 22.9 Å². The van der Waals surface area contributed by atoms with E-state index >= 15 is 0 Å². The maximum absolute atomic E-state index is 11.6. The Morgan fingerprint density at radius 3 is 2.55 bits per heavy atom. The minimum absolute atomic E-state index is 0.0380. The fraction of sp³-hybridized carbons (Fsp3) is 0.0769. The van der Waals surface area contributed by atoms with Gasteiger partial charge in [0.1, 0.15) is 5.76 Å². The minimum Gasteiger partial charge on any atom is -0.742 e. The summed E-state index contributed by atoms with van der Waals surface area (Å²) in [7, 11) is -4.68. The van der Waals surface area contributed by atoms with E-state index in [-0.39, 0.29) is 5.76 Å². The van der Waals surface area contributed by atoms with Crippen LogP contribution in [0.25, 0.3) is 0 Å². The van der Waals surface area contributed by atoms with Crippen molar-refractivity contribution in [2.24, 2.45) is 5.10 Å². The lowest BCUT2D eigenvalue weighted by molar-refractivity contribution is -0.129. The molecule has 8 nitrogen and oxygen atoms in total. The third-order valence-electron chi connectivity index (χ3n) is 2.58. The molecule has 1 amide bonds. The molecule has 0 radical (unpaired) electrons. The number of furan rings is 1. The largest absolute Gasteiger partial charge is 0.742 e. The van der Waals surface area contributed by atoms with Crippen molar-refractivity contribution in [3.63, 3.8) is 0 Å². The topological polar surface area (TPSA) is 132 Å². The van der Waals surface area contributed by atoms with E-state index < -0.39 is 27.2 Å². The van der Waals surface area contributed by atoms with Crippen LogP contribution in [0.1, 0.15) is 17.4 Å². The average Bonchev–Trinajstić information content (AvgIpc) is 2.96. The molecule has 9 heteroatoms. The molecule has 2 N–H and O–H groups in total. The Labute approximate surface area is 125 Å². The fourth-order valence-electron chi connectivity index (χ4n) is 1.55. The first kappa shape index (κ1) is 15.9. The minimum atomic E-state index is -4.68. The number of nitrogens with zero attached hydrogens (tertiary/aromatic N) is 1. The number of hydrogen-bond donors (Lipinski definition) is 2. The van der Waals surface area contributed by atoms with E-state index in [0.29, 0.717) is 5.56 Å².